The van der Waals surface area contributed by atoms with E-state index in [-0.39, 0.29) is 12.4 Å². The number of nitrogens with one attached hydrogen (secondary N) is 2. The molecule has 0 bridgehead atoms. The number of hydrogen-bond donors (Lipinski definition) is 3. The van der Waals surface area contributed by atoms with Crippen LogP contribution in [0.25, 0.3) is 10.8 Å². The summed E-state index contributed by atoms with van der Waals surface area (Å²) in [5.41, 5.74) is -0.875. The number of urea groups is 1. The molecule has 5 rings (SSSR count). The number of carbonyl (C=O) groups excluding carboxylic acids is 2. The number of methoxy groups -OCH3 is 1. The van der Waals surface area contributed by atoms with Crippen LogP contribution in [0.5, 0.6) is 23.1 Å². The second-order valence-electron chi connectivity index (χ2n) is 7.66. The van der Waals surface area contributed by atoms with Crippen LogP contribution in [0.3, 0.4) is 0 Å². The molecule has 33 heavy (non-hydrogen) atoms. The summed E-state index contributed by atoms with van der Waals surface area (Å²) in [6.07, 6.45) is 4.97. The summed E-state index contributed by atoms with van der Waals surface area (Å²) >= 11 is 0. The molecule has 166 valence electrons. The average molecular weight is 444 g/mol. The van der Waals surface area contributed by atoms with Gasteiger partial charge < -0.3 is 24.5 Å². The van der Waals surface area contributed by atoms with Crippen LogP contribution in [-0.2, 0) is 16.9 Å². The third kappa shape index (κ3) is 3.59. The standard InChI is InChI=1S/C24H20N4O5/c1-32-18-7-4-15-13-28(21(29)20(15)11-18)14-24(22(30)26-23(31)27-24)16-5-8-17(9-6-16)33-19-3-2-10-25-12-19/h2-13,29H,14H2,1H3,(H2,26,27,30,31). The third-order valence-electron chi connectivity index (χ3n) is 5.63. The van der Waals surface area contributed by atoms with E-state index in [1.165, 1.54) is 4.57 Å². The zero-order valence-electron chi connectivity index (χ0n) is 17.6. The fourth-order valence-corrected chi connectivity index (χ4v) is 3.98. The van der Waals surface area contributed by atoms with Crippen molar-refractivity contribution in [3.05, 3.63) is 78.8 Å². The molecule has 3 heterocycles. The van der Waals surface area contributed by atoms with Crippen molar-refractivity contribution in [3.63, 3.8) is 0 Å². The van der Waals surface area contributed by atoms with E-state index in [1.54, 1.807) is 74.2 Å². The minimum atomic E-state index is -1.42. The number of aromatic nitrogens is 2. The van der Waals surface area contributed by atoms with Gasteiger partial charge in [0.1, 0.15) is 17.2 Å². The lowest BCUT2D eigenvalue weighted by Crippen LogP contribution is -2.47. The number of imide groups is 1. The van der Waals surface area contributed by atoms with Gasteiger partial charge in [-0.05, 0) is 48.0 Å². The maximum atomic E-state index is 13.0. The predicted octanol–water partition coefficient (Wildman–Crippen LogP) is 3.28. The van der Waals surface area contributed by atoms with Gasteiger partial charge in [-0.15, -0.1) is 0 Å². The van der Waals surface area contributed by atoms with E-state index in [1.807, 2.05) is 6.07 Å². The molecule has 0 radical (unpaired) electrons. The number of fused-ring (bicyclic) bond motifs is 1. The van der Waals surface area contributed by atoms with Crippen molar-refractivity contribution < 1.29 is 24.2 Å². The number of rotatable bonds is 6. The molecule has 9 nitrogen and oxygen atoms in total. The lowest BCUT2D eigenvalue weighted by molar-refractivity contribution is -0.124. The first-order chi connectivity index (χ1) is 16.0. The van der Waals surface area contributed by atoms with E-state index in [4.69, 9.17) is 9.47 Å². The van der Waals surface area contributed by atoms with Crippen molar-refractivity contribution in [1.82, 2.24) is 20.2 Å². The number of ether oxygens (including phenoxy) is 2. The lowest BCUT2D eigenvalue weighted by atomic mass is 9.89. The van der Waals surface area contributed by atoms with Crippen LogP contribution in [-0.4, -0.2) is 33.7 Å². The molecule has 1 fully saturated rings. The van der Waals surface area contributed by atoms with Gasteiger partial charge in [-0.25, -0.2) is 4.79 Å². The van der Waals surface area contributed by atoms with Gasteiger partial charge in [0.2, 0.25) is 0 Å². The van der Waals surface area contributed by atoms with Crippen LogP contribution in [0.15, 0.2) is 73.2 Å². The molecule has 3 amide bonds. The summed E-state index contributed by atoms with van der Waals surface area (Å²) in [4.78, 5) is 29.1. The van der Waals surface area contributed by atoms with E-state index < -0.39 is 17.5 Å². The van der Waals surface area contributed by atoms with Crippen LogP contribution >= 0.6 is 0 Å². The van der Waals surface area contributed by atoms with Gasteiger partial charge in [0.05, 0.1) is 19.9 Å². The molecular formula is C24H20N4O5. The Balaban J connectivity index is 1.51. The molecule has 9 heteroatoms. The Morgan fingerprint density at radius 3 is 2.52 bits per heavy atom. The maximum Gasteiger partial charge on any atom is 0.322 e. The number of aromatic hydroxyl groups is 1. The van der Waals surface area contributed by atoms with Crippen molar-refractivity contribution in [1.29, 1.82) is 0 Å². The number of nitrogens with zero attached hydrogens (tertiary/aromatic N) is 2. The minimum absolute atomic E-state index is 0.0176. The van der Waals surface area contributed by atoms with E-state index >= 15 is 0 Å². The number of carbonyl (C=O) groups is 2. The zero-order valence-corrected chi connectivity index (χ0v) is 17.6. The van der Waals surface area contributed by atoms with Gasteiger partial charge in [0, 0.05) is 23.2 Å². The molecule has 2 aromatic heterocycles. The normalized spacial score (nSPS) is 17.6. The van der Waals surface area contributed by atoms with Crippen molar-refractivity contribution >= 4 is 22.7 Å². The van der Waals surface area contributed by atoms with E-state index in [9.17, 15) is 14.7 Å². The van der Waals surface area contributed by atoms with Crippen LogP contribution < -0.4 is 20.1 Å². The van der Waals surface area contributed by atoms with Crippen molar-refractivity contribution in [2.24, 2.45) is 0 Å². The zero-order chi connectivity index (χ0) is 23.0. The Bertz CT molecular complexity index is 1350. The first-order valence-electron chi connectivity index (χ1n) is 10.2. The summed E-state index contributed by atoms with van der Waals surface area (Å²) in [5.74, 6) is 1.18. The van der Waals surface area contributed by atoms with E-state index in [2.05, 4.69) is 15.6 Å². The average Bonchev–Trinajstić information content (AvgIpc) is 3.29. The maximum absolute atomic E-state index is 13.0. The topological polar surface area (TPSA) is 115 Å². The molecule has 4 aromatic rings. The molecule has 1 saturated heterocycles. The van der Waals surface area contributed by atoms with Crippen LogP contribution in [0, 0.1) is 0 Å². The van der Waals surface area contributed by atoms with Crippen molar-refractivity contribution in [3.8, 4) is 23.1 Å². The second kappa shape index (κ2) is 7.86. The summed E-state index contributed by atoms with van der Waals surface area (Å²) < 4.78 is 12.5. The molecule has 1 aliphatic heterocycles. The molecule has 1 atom stereocenters. The molecule has 2 aromatic carbocycles. The Hall–Kier alpha value is -4.53. The van der Waals surface area contributed by atoms with Crippen molar-refractivity contribution in [2.75, 3.05) is 7.11 Å². The van der Waals surface area contributed by atoms with E-state index in [0.717, 1.165) is 5.39 Å². The first-order valence-corrected chi connectivity index (χ1v) is 10.2. The Kier molecular flexibility index (Phi) is 4.86. The molecule has 1 unspecified atom stereocenters. The first kappa shape index (κ1) is 20.4. The lowest BCUT2D eigenvalue weighted by Gasteiger charge is -2.27. The van der Waals surface area contributed by atoms with Gasteiger partial charge in [0.25, 0.3) is 5.91 Å². The largest absolute Gasteiger partial charge is 0.497 e. The number of benzene rings is 2. The minimum Gasteiger partial charge on any atom is -0.497 e. The molecule has 0 spiro atoms. The molecule has 0 aliphatic carbocycles. The molecule has 0 saturated carbocycles. The van der Waals surface area contributed by atoms with Gasteiger partial charge >= 0.3 is 6.03 Å². The van der Waals surface area contributed by atoms with Gasteiger partial charge in [-0.3, -0.25) is 15.1 Å². The fraction of sp³-hybridized carbons (Fsp3) is 0.125. The Labute approximate surface area is 188 Å². The molecular weight excluding hydrogens is 424 g/mol. The summed E-state index contributed by atoms with van der Waals surface area (Å²) in [7, 11) is 1.55. The summed E-state index contributed by atoms with van der Waals surface area (Å²) in [5, 5.41) is 17.2. The Morgan fingerprint density at radius 1 is 1.06 bits per heavy atom. The van der Waals surface area contributed by atoms with Crippen LogP contribution in [0.1, 0.15) is 5.56 Å². The number of amides is 3. The van der Waals surface area contributed by atoms with Gasteiger partial charge in [-0.2, -0.15) is 0 Å². The highest BCUT2D eigenvalue weighted by atomic mass is 16.5. The SMILES string of the molecule is COc1ccc2cn(CC3(c4ccc(Oc5cccnc5)cc4)NC(=O)NC3=O)c(O)c2c1. The van der Waals surface area contributed by atoms with E-state index in [0.29, 0.717) is 28.2 Å². The van der Waals surface area contributed by atoms with Gasteiger partial charge in [-0.1, -0.05) is 12.1 Å². The monoisotopic (exact) mass is 444 g/mol. The van der Waals surface area contributed by atoms with Crippen LogP contribution in [0.4, 0.5) is 4.79 Å². The highest BCUT2D eigenvalue weighted by Gasteiger charge is 2.48. The summed E-state index contributed by atoms with van der Waals surface area (Å²) in [6, 6.07) is 15.1. The third-order valence-corrected chi connectivity index (χ3v) is 5.63. The van der Waals surface area contributed by atoms with Gasteiger partial charge in [0.15, 0.2) is 11.4 Å². The summed E-state index contributed by atoms with van der Waals surface area (Å²) in [6.45, 7) is -0.0176. The smallest absolute Gasteiger partial charge is 0.322 e. The molecule has 3 N–H and O–H groups in total. The number of pyridine rings is 1. The highest BCUT2D eigenvalue weighted by Crippen LogP contribution is 2.35. The predicted molar refractivity (Wildman–Crippen MR) is 119 cm³/mol. The van der Waals surface area contributed by atoms with Crippen LogP contribution in [0.2, 0.25) is 0 Å². The fourth-order valence-electron chi connectivity index (χ4n) is 3.98. The Morgan fingerprint density at radius 2 is 1.85 bits per heavy atom. The number of hydrogen-bond acceptors (Lipinski definition) is 6. The second-order valence-corrected chi connectivity index (χ2v) is 7.66. The molecule has 1 aliphatic rings. The van der Waals surface area contributed by atoms with Crippen molar-refractivity contribution in [2.45, 2.75) is 12.1 Å². The quantitative estimate of drug-likeness (QED) is 0.393. The highest BCUT2D eigenvalue weighted by molar-refractivity contribution is 6.07.